The van der Waals surface area contributed by atoms with Crippen LogP contribution in [0.5, 0.6) is 5.75 Å². The van der Waals surface area contributed by atoms with Gasteiger partial charge < -0.3 is 5.11 Å². The number of hydrogen-bond acceptors (Lipinski definition) is 1. The van der Waals surface area contributed by atoms with Gasteiger partial charge in [-0.05, 0) is 10.4 Å². The average molecular weight is 311 g/mol. The monoisotopic (exact) mass is 310 g/mol. The Morgan fingerprint density at radius 2 is 0.947 bits per heavy atom. The van der Waals surface area contributed by atoms with E-state index >= 15 is 0 Å². The highest BCUT2D eigenvalue weighted by Gasteiger charge is 2.30. The van der Waals surface area contributed by atoms with Gasteiger partial charge in [-0.2, -0.15) is 0 Å². The van der Waals surface area contributed by atoms with Crippen LogP contribution in [-0.4, -0.2) is 29.3 Å². The minimum Gasteiger partial charge on any atom is -0.508 e. The van der Waals surface area contributed by atoms with Crippen molar-refractivity contribution in [1.82, 2.24) is 0 Å². The van der Waals surface area contributed by atoms with E-state index in [9.17, 15) is 5.11 Å². The van der Waals surface area contributed by atoms with Crippen LogP contribution in [-0.2, 0) is 0 Å². The topological polar surface area (TPSA) is 20.2 Å². The number of hydrogen-bond donors (Lipinski definition) is 1. The highest BCUT2D eigenvalue weighted by atomic mass is 28.3. The summed E-state index contributed by atoms with van der Waals surface area (Å²) >= 11 is 0. The Kier molecular flexibility index (Phi) is 4.31. The summed E-state index contributed by atoms with van der Waals surface area (Å²) in [6, 6.07) is 4.63. The molecule has 4 heteroatoms. The van der Waals surface area contributed by atoms with Gasteiger partial charge >= 0.3 is 0 Å². The van der Waals surface area contributed by atoms with Gasteiger partial charge in [0.2, 0.25) is 0 Å². The maximum absolute atomic E-state index is 10.7. The summed E-state index contributed by atoms with van der Waals surface area (Å²) in [6.45, 7) is 21.1. The van der Waals surface area contributed by atoms with Crippen LogP contribution in [0.3, 0.4) is 0 Å². The first-order valence-corrected chi connectivity index (χ1v) is 17.6. The second-order valence-electron chi connectivity index (χ2n) is 8.67. The minimum absolute atomic E-state index is 0.611. The van der Waals surface area contributed by atoms with Crippen molar-refractivity contribution < 1.29 is 5.11 Å². The highest BCUT2D eigenvalue weighted by Crippen LogP contribution is 2.16. The second-order valence-corrected chi connectivity index (χ2v) is 23.8. The van der Waals surface area contributed by atoms with Gasteiger partial charge in [0.25, 0.3) is 0 Å². The van der Waals surface area contributed by atoms with E-state index in [1.807, 2.05) is 0 Å². The number of aromatic hydroxyl groups is 1. The van der Waals surface area contributed by atoms with Gasteiger partial charge in [0.15, 0.2) is 0 Å². The average Bonchev–Trinajstić information content (AvgIpc) is 2.11. The number of benzene rings is 1. The normalized spacial score (nSPS) is 13.7. The summed E-state index contributed by atoms with van der Waals surface area (Å²) in [5.41, 5.74) is 0. The molecule has 1 N–H and O–H groups in total. The van der Waals surface area contributed by atoms with Crippen LogP contribution in [0, 0.1) is 0 Å². The van der Waals surface area contributed by atoms with E-state index in [4.69, 9.17) is 0 Å². The Balaban J connectivity index is 3.68. The Labute approximate surface area is 122 Å². The summed E-state index contributed by atoms with van der Waals surface area (Å²) in [5, 5.41) is 14.7. The molecule has 0 aliphatic heterocycles. The molecule has 0 atom stereocenters. The van der Waals surface area contributed by atoms with Crippen molar-refractivity contribution in [3.63, 3.8) is 0 Å². The molecule has 1 rings (SSSR count). The van der Waals surface area contributed by atoms with Crippen molar-refractivity contribution in [2.45, 2.75) is 58.9 Å². The largest absolute Gasteiger partial charge is 0.508 e. The molecule has 108 valence electrons. The highest BCUT2D eigenvalue weighted by molar-refractivity contribution is 6.95. The van der Waals surface area contributed by atoms with Crippen LogP contribution in [0.2, 0.25) is 58.9 Å². The van der Waals surface area contributed by atoms with E-state index in [0.717, 1.165) is 0 Å². The van der Waals surface area contributed by atoms with Crippen LogP contribution in [0.1, 0.15) is 0 Å². The first-order chi connectivity index (χ1) is 8.24. The summed E-state index contributed by atoms with van der Waals surface area (Å²) in [4.78, 5) is 0. The van der Waals surface area contributed by atoms with Crippen molar-refractivity contribution >= 4 is 39.8 Å². The SMILES string of the molecule is C[Si](C)(C)c1cc([Si](C)(C)C)c(O)c([Si](C)(C)C)c1. The summed E-state index contributed by atoms with van der Waals surface area (Å²) in [7, 11) is -4.35. The van der Waals surface area contributed by atoms with E-state index in [-0.39, 0.29) is 0 Å². The Bertz CT molecular complexity index is 439. The van der Waals surface area contributed by atoms with Gasteiger partial charge in [-0.25, -0.2) is 0 Å². The number of phenols is 1. The molecule has 0 radical (unpaired) electrons. The number of rotatable bonds is 3. The standard InChI is InChI=1S/C15H30OSi3/c1-17(2,3)12-10-13(18(4,5)6)15(16)14(11-12)19(7,8)9/h10-11,16H,1-9H3. The van der Waals surface area contributed by atoms with Crippen molar-refractivity contribution in [2.24, 2.45) is 0 Å². The molecule has 1 nitrogen and oxygen atoms in total. The molecule has 0 spiro atoms. The fraction of sp³-hybridized carbons (Fsp3) is 0.600. The van der Waals surface area contributed by atoms with Crippen molar-refractivity contribution in [1.29, 1.82) is 0 Å². The smallest absolute Gasteiger partial charge is 0.114 e. The van der Waals surface area contributed by atoms with Crippen LogP contribution in [0.25, 0.3) is 0 Å². The quantitative estimate of drug-likeness (QED) is 0.851. The molecule has 0 bridgehead atoms. The van der Waals surface area contributed by atoms with Gasteiger partial charge in [-0.15, -0.1) is 0 Å². The lowest BCUT2D eigenvalue weighted by molar-refractivity contribution is 0.483. The lowest BCUT2D eigenvalue weighted by Crippen LogP contribution is -2.51. The van der Waals surface area contributed by atoms with Gasteiger partial charge in [-0.3, -0.25) is 0 Å². The lowest BCUT2D eigenvalue weighted by atomic mass is 10.3. The van der Waals surface area contributed by atoms with Crippen molar-refractivity contribution in [3.05, 3.63) is 12.1 Å². The van der Waals surface area contributed by atoms with E-state index in [1.165, 1.54) is 15.6 Å². The minimum atomic E-state index is -1.50. The third kappa shape index (κ3) is 3.83. The molecule has 0 fully saturated rings. The number of phenolic OH excluding ortho intramolecular Hbond substituents is 1. The van der Waals surface area contributed by atoms with E-state index in [0.29, 0.717) is 5.75 Å². The molecule has 19 heavy (non-hydrogen) atoms. The first kappa shape index (κ1) is 16.7. The summed E-state index contributed by atoms with van der Waals surface area (Å²) < 4.78 is 0. The van der Waals surface area contributed by atoms with Crippen molar-refractivity contribution in [3.8, 4) is 5.75 Å². The van der Waals surface area contributed by atoms with Crippen LogP contribution in [0.15, 0.2) is 12.1 Å². The maximum Gasteiger partial charge on any atom is 0.114 e. The first-order valence-electron chi connectivity index (χ1n) is 7.13. The molecule has 0 aromatic heterocycles. The fourth-order valence-electron chi connectivity index (χ4n) is 2.21. The van der Waals surface area contributed by atoms with Crippen molar-refractivity contribution in [2.75, 3.05) is 0 Å². The summed E-state index contributed by atoms with van der Waals surface area (Å²) in [6.07, 6.45) is 0. The van der Waals surface area contributed by atoms with E-state index in [1.54, 1.807) is 0 Å². The molecule has 0 aliphatic rings. The predicted molar refractivity (Wildman–Crippen MR) is 97.0 cm³/mol. The maximum atomic E-state index is 10.7. The molecule has 0 aliphatic carbocycles. The molecule has 0 heterocycles. The van der Waals surface area contributed by atoms with Gasteiger partial charge in [-0.1, -0.05) is 76.2 Å². The molecule has 0 saturated carbocycles. The molecular formula is C15H30OSi3. The molecule has 1 aromatic carbocycles. The molecule has 0 amide bonds. The Morgan fingerprint density at radius 1 is 0.632 bits per heavy atom. The third-order valence-electron chi connectivity index (χ3n) is 3.59. The Hall–Kier alpha value is -0.329. The molecule has 1 aromatic rings. The Morgan fingerprint density at radius 3 is 1.16 bits per heavy atom. The van der Waals surface area contributed by atoms with Gasteiger partial charge in [0.05, 0.1) is 24.2 Å². The van der Waals surface area contributed by atoms with Crippen LogP contribution >= 0.6 is 0 Å². The molecular weight excluding hydrogens is 280 g/mol. The lowest BCUT2D eigenvalue weighted by Gasteiger charge is -2.29. The summed E-state index contributed by atoms with van der Waals surface area (Å²) in [5.74, 6) is 0.611. The van der Waals surface area contributed by atoms with Crippen LogP contribution in [0.4, 0.5) is 0 Å². The molecule has 0 saturated heterocycles. The van der Waals surface area contributed by atoms with E-state index in [2.05, 4.69) is 71.1 Å². The zero-order valence-electron chi connectivity index (χ0n) is 14.1. The second kappa shape index (κ2) is 4.90. The van der Waals surface area contributed by atoms with Gasteiger partial charge in [0, 0.05) is 0 Å². The third-order valence-corrected chi connectivity index (χ3v) is 9.61. The zero-order chi connectivity index (χ0) is 15.2. The van der Waals surface area contributed by atoms with Gasteiger partial charge in [0.1, 0.15) is 5.75 Å². The van der Waals surface area contributed by atoms with E-state index < -0.39 is 24.2 Å². The predicted octanol–water partition coefficient (Wildman–Crippen LogP) is 3.03. The molecule has 0 unspecified atom stereocenters. The fourth-order valence-corrected chi connectivity index (χ4v) is 6.65. The van der Waals surface area contributed by atoms with Crippen LogP contribution < -0.4 is 15.6 Å². The zero-order valence-corrected chi connectivity index (χ0v) is 17.1.